The van der Waals surface area contributed by atoms with Crippen molar-refractivity contribution in [3.63, 3.8) is 0 Å². The molecule has 0 aliphatic rings. The number of oxazole rings is 1. The van der Waals surface area contributed by atoms with Crippen LogP contribution < -0.4 is 4.74 Å². The van der Waals surface area contributed by atoms with Gasteiger partial charge < -0.3 is 18.8 Å². The van der Waals surface area contributed by atoms with Gasteiger partial charge in [-0.15, -0.1) is 0 Å². The van der Waals surface area contributed by atoms with Crippen molar-refractivity contribution in [2.24, 2.45) is 0 Å². The number of carbonyl (C=O) groups is 2. The van der Waals surface area contributed by atoms with Crippen LogP contribution in [0.25, 0.3) is 11.3 Å². The number of aryl methyl sites for hydroxylation is 1. The fraction of sp³-hybridized carbons (Fsp3) is 0.500. The standard InChI is InChI=1S/C22H30N2O5/c1-22(2,3)29-21(26)7-6-14-24(4)20(25)13-12-19-23-15-18(28-19)16-8-10-17(27-5)11-9-16/h8-11,15H,6-7,12-14H2,1-5H3. The van der Waals surface area contributed by atoms with Gasteiger partial charge in [0.25, 0.3) is 0 Å². The second-order valence-electron chi connectivity index (χ2n) is 7.85. The van der Waals surface area contributed by atoms with Crippen molar-refractivity contribution >= 4 is 11.9 Å². The summed E-state index contributed by atoms with van der Waals surface area (Å²) in [6.45, 7) is 6.01. The van der Waals surface area contributed by atoms with Crippen molar-refractivity contribution in [1.82, 2.24) is 9.88 Å². The van der Waals surface area contributed by atoms with Gasteiger partial charge in [-0.05, 0) is 51.5 Å². The molecule has 0 saturated carbocycles. The third-order valence-electron chi connectivity index (χ3n) is 4.20. The Hall–Kier alpha value is -2.83. The highest BCUT2D eigenvalue weighted by atomic mass is 16.6. The summed E-state index contributed by atoms with van der Waals surface area (Å²) >= 11 is 0. The van der Waals surface area contributed by atoms with Crippen LogP contribution in [0.2, 0.25) is 0 Å². The molecule has 0 N–H and O–H groups in total. The molecule has 0 atom stereocenters. The predicted octanol–water partition coefficient (Wildman–Crippen LogP) is 3.86. The van der Waals surface area contributed by atoms with E-state index in [9.17, 15) is 9.59 Å². The van der Waals surface area contributed by atoms with E-state index in [4.69, 9.17) is 13.9 Å². The Bertz CT molecular complexity index is 805. The maximum Gasteiger partial charge on any atom is 0.306 e. The Morgan fingerprint density at radius 3 is 2.45 bits per heavy atom. The molecule has 1 aromatic carbocycles. The topological polar surface area (TPSA) is 81.9 Å². The van der Waals surface area contributed by atoms with Crippen LogP contribution in [0.5, 0.6) is 5.75 Å². The highest BCUT2D eigenvalue weighted by molar-refractivity contribution is 5.76. The Kier molecular flexibility index (Phi) is 7.82. The second-order valence-corrected chi connectivity index (χ2v) is 7.85. The highest BCUT2D eigenvalue weighted by Gasteiger charge is 2.17. The van der Waals surface area contributed by atoms with Crippen molar-refractivity contribution in [2.75, 3.05) is 20.7 Å². The largest absolute Gasteiger partial charge is 0.497 e. The van der Waals surface area contributed by atoms with Gasteiger partial charge in [-0.2, -0.15) is 0 Å². The number of esters is 1. The zero-order valence-electron chi connectivity index (χ0n) is 17.9. The van der Waals surface area contributed by atoms with Crippen molar-refractivity contribution in [3.8, 4) is 17.1 Å². The zero-order chi connectivity index (χ0) is 21.4. The summed E-state index contributed by atoms with van der Waals surface area (Å²) in [6, 6.07) is 7.50. The van der Waals surface area contributed by atoms with Gasteiger partial charge >= 0.3 is 5.97 Å². The monoisotopic (exact) mass is 402 g/mol. The predicted molar refractivity (Wildman–Crippen MR) is 110 cm³/mol. The van der Waals surface area contributed by atoms with Crippen LogP contribution in [0, 0.1) is 0 Å². The Morgan fingerprint density at radius 2 is 1.83 bits per heavy atom. The Morgan fingerprint density at radius 1 is 1.14 bits per heavy atom. The number of benzene rings is 1. The number of amides is 1. The van der Waals surface area contributed by atoms with E-state index in [1.165, 1.54) is 0 Å². The fourth-order valence-corrected chi connectivity index (χ4v) is 2.70. The first-order valence-electron chi connectivity index (χ1n) is 9.73. The molecule has 158 valence electrons. The number of hydrogen-bond donors (Lipinski definition) is 0. The quantitative estimate of drug-likeness (QED) is 0.592. The molecule has 0 saturated heterocycles. The van der Waals surface area contributed by atoms with E-state index in [1.54, 1.807) is 25.3 Å². The minimum Gasteiger partial charge on any atom is -0.497 e. The summed E-state index contributed by atoms with van der Waals surface area (Å²) in [4.78, 5) is 29.9. The minimum atomic E-state index is -0.487. The fourth-order valence-electron chi connectivity index (χ4n) is 2.70. The molecule has 0 aliphatic heterocycles. The van der Waals surface area contributed by atoms with Crippen molar-refractivity contribution in [3.05, 3.63) is 36.4 Å². The minimum absolute atomic E-state index is 0.0154. The summed E-state index contributed by atoms with van der Waals surface area (Å²) in [6.07, 6.45) is 3.24. The van der Waals surface area contributed by atoms with Gasteiger partial charge in [0.2, 0.25) is 5.91 Å². The lowest BCUT2D eigenvalue weighted by molar-refractivity contribution is -0.155. The average molecular weight is 402 g/mol. The molecule has 0 aliphatic carbocycles. The summed E-state index contributed by atoms with van der Waals surface area (Å²) in [5.41, 5.74) is 0.412. The normalized spacial score (nSPS) is 11.2. The van der Waals surface area contributed by atoms with Gasteiger partial charge in [0.1, 0.15) is 11.4 Å². The van der Waals surface area contributed by atoms with Crippen LogP contribution in [0.4, 0.5) is 0 Å². The molecule has 0 bridgehead atoms. The number of nitrogens with zero attached hydrogens (tertiary/aromatic N) is 2. The molecular weight excluding hydrogens is 372 g/mol. The van der Waals surface area contributed by atoms with E-state index in [0.717, 1.165) is 11.3 Å². The molecule has 7 nitrogen and oxygen atoms in total. The number of rotatable bonds is 9. The maximum atomic E-state index is 12.3. The Balaban J connectivity index is 1.75. The van der Waals surface area contributed by atoms with Crippen LogP contribution in [0.3, 0.4) is 0 Å². The number of aromatic nitrogens is 1. The van der Waals surface area contributed by atoms with E-state index in [-0.39, 0.29) is 11.9 Å². The first kappa shape index (κ1) is 22.5. The SMILES string of the molecule is COc1ccc(-c2cnc(CCC(=O)N(C)CCCC(=O)OC(C)(C)C)o2)cc1. The lowest BCUT2D eigenvalue weighted by atomic mass is 10.2. The van der Waals surface area contributed by atoms with Gasteiger partial charge in [-0.1, -0.05) is 0 Å². The van der Waals surface area contributed by atoms with E-state index < -0.39 is 5.60 Å². The van der Waals surface area contributed by atoms with Crippen molar-refractivity contribution < 1.29 is 23.5 Å². The van der Waals surface area contributed by atoms with Gasteiger partial charge in [-0.3, -0.25) is 9.59 Å². The number of ether oxygens (including phenoxy) is 2. The number of carbonyl (C=O) groups excluding carboxylic acids is 2. The molecule has 0 radical (unpaired) electrons. The van der Waals surface area contributed by atoms with Gasteiger partial charge in [0.05, 0.1) is 13.3 Å². The van der Waals surface area contributed by atoms with Gasteiger partial charge in [0.15, 0.2) is 11.7 Å². The van der Waals surface area contributed by atoms with Crippen LogP contribution in [-0.4, -0.2) is 48.1 Å². The lowest BCUT2D eigenvalue weighted by Gasteiger charge is -2.20. The smallest absolute Gasteiger partial charge is 0.306 e. The van der Waals surface area contributed by atoms with Crippen molar-refractivity contribution in [2.45, 2.75) is 52.1 Å². The molecule has 0 fully saturated rings. The molecule has 1 amide bonds. The molecular formula is C22H30N2O5. The molecule has 29 heavy (non-hydrogen) atoms. The van der Waals surface area contributed by atoms with E-state index >= 15 is 0 Å². The van der Waals surface area contributed by atoms with Crippen LogP contribution >= 0.6 is 0 Å². The van der Waals surface area contributed by atoms with Crippen LogP contribution in [0.15, 0.2) is 34.9 Å². The molecule has 1 heterocycles. The number of hydrogen-bond acceptors (Lipinski definition) is 6. The van der Waals surface area contributed by atoms with Crippen molar-refractivity contribution in [1.29, 1.82) is 0 Å². The van der Waals surface area contributed by atoms with E-state index in [2.05, 4.69) is 4.98 Å². The lowest BCUT2D eigenvalue weighted by Crippen LogP contribution is -2.29. The highest BCUT2D eigenvalue weighted by Crippen LogP contribution is 2.23. The third-order valence-corrected chi connectivity index (χ3v) is 4.20. The molecule has 7 heteroatoms. The van der Waals surface area contributed by atoms with Gasteiger partial charge in [0, 0.05) is 38.4 Å². The summed E-state index contributed by atoms with van der Waals surface area (Å²) in [5.74, 6) is 1.68. The summed E-state index contributed by atoms with van der Waals surface area (Å²) in [7, 11) is 3.35. The third kappa shape index (κ3) is 7.60. The zero-order valence-corrected chi connectivity index (χ0v) is 17.9. The summed E-state index contributed by atoms with van der Waals surface area (Å²) in [5, 5.41) is 0. The maximum absolute atomic E-state index is 12.3. The van der Waals surface area contributed by atoms with Crippen LogP contribution in [0.1, 0.15) is 45.9 Å². The molecule has 1 aromatic heterocycles. The van der Waals surface area contributed by atoms with E-state index in [1.807, 2.05) is 45.0 Å². The van der Waals surface area contributed by atoms with E-state index in [0.29, 0.717) is 43.9 Å². The van der Waals surface area contributed by atoms with Crippen LogP contribution in [-0.2, 0) is 20.7 Å². The Labute approximate surface area is 172 Å². The first-order valence-corrected chi connectivity index (χ1v) is 9.73. The summed E-state index contributed by atoms with van der Waals surface area (Å²) < 4.78 is 16.2. The molecule has 0 unspecified atom stereocenters. The second kappa shape index (κ2) is 10.1. The average Bonchev–Trinajstić information content (AvgIpc) is 3.13. The molecule has 2 rings (SSSR count). The van der Waals surface area contributed by atoms with Gasteiger partial charge in [-0.25, -0.2) is 4.98 Å². The first-order chi connectivity index (χ1) is 13.7. The number of methoxy groups -OCH3 is 1. The molecule has 0 spiro atoms. The molecule has 2 aromatic rings.